The number of carbonyl (C=O) groups excluding carboxylic acids is 1. The number of amides is 2. The van der Waals surface area contributed by atoms with Gasteiger partial charge in [0, 0.05) is 19.0 Å². The number of benzene rings is 1. The lowest BCUT2D eigenvalue weighted by molar-refractivity contribution is -0.00749. The largest absolute Gasteiger partial charge is 0.371 e. The van der Waals surface area contributed by atoms with Crippen molar-refractivity contribution in [3.63, 3.8) is 0 Å². The molecule has 5 nitrogen and oxygen atoms in total. The van der Waals surface area contributed by atoms with Crippen LogP contribution in [0.5, 0.6) is 0 Å². The highest BCUT2D eigenvalue weighted by Gasteiger charge is 2.29. The Morgan fingerprint density at radius 1 is 1.20 bits per heavy atom. The highest BCUT2D eigenvalue weighted by Crippen LogP contribution is 2.28. The van der Waals surface area contributed by atoms with Crippen LogP contribution in [0.2, 0.25) is 0 Å². The molecule has 5 heteroatoms. The van der Waals surface area contributed by atoms with Gasteiger partial charge in [0.25, 0.3) is 0 Å². The molecule has 0 unspecified atom stereocenters. The fourth-order valence-corrected chi connectivity index (χ4v) is 3.16. The van der Waals surface area contributed by atoms with E-state index in [-0.39, 0.29) is 24.2 Å². The van der Waals surface area contributed by atoms with Crippen LogP contribution in [0.3, 0.4) is 0 Å². The van der Waals surface area contributed by atoms with Gasteiger partial charge in [-0.05, 0) is 49.9 Å². The van der Waals surface area contributed by atoms with Gasteiger partial charge in [-0.2, -0.15) is 0 Å². The quantitative estimate of drug-likeness (QED) is 0.893. The summed E-state index contributed by atoms with van der Waals surface area (Å²) in [6, 6.07) is 11.9. The van der Waals surface area contributed by atoms with Crippen molar-refractivity contribution in [1.29, 1.82) is 0 Å². The fourth-order valence-electron chi connectivity index (χ4n) is 3.16. The minimum Gasteiger partial charge on any atom is -0.371 e. The van der Waals surface area contributed by atoms with Gasteiger partial charge in [-0.1, -0.05) is 29.8 Å². The second kappa shape index (κ2) is 8.12. The van der Waals surface area contributed by atoms with Crippen molar-refractivity contribution in [2.24, 2.45) is 0 Å². The van der Waals surface area contributed by atoms with Gasteiger partial charge < -0.3 is 15.4 Å². The second-order valence-electron chi connectivity index (χ2n) is 6.57. The third kappa shape index (κ3) is 4.57. The van der Waals surface area contributed by atoms with Crippen molar-refractivity contribution in [1.82, 2.24) is 15.6 Å². The molecule has 1 fully saturated rings. The number of pyridine rings is 1. The average molecular weight is 339 g/mol. The number of nitrogens with one attached hydrogen (secondary N) is 2. The zero-order valence-electron chi connectivity index (χ0n) is 14.7. The molecule has 2 amide bonds. The summed E-state index contributed by atoms with van der Waals surface area (Å²) in [5.74, 6) is 0. The highest BCUT2D eigenvalue weighted by atomic mass is 16.5. The summed E-state index contributed by atoms with van der Waals surface area (Å²) >= 11 is 0. The van der Waals surface area contributed by atoms with Gasteiger partial charge >= 0.3 is 6.03 Å². The molecule has 2 N–H and O–H groups in total. The molecule has 0 saturated carbocycles. The van der Waals surface area contributed by atoms with E-state index in [2.05, 4.69) is 46.8 Å². The summed E-state index contributed by atoms with van der Waals surface area (Å²) in [4.78, 5) is 16.4. The molecule has 2 aromatic rings. The molecule has 0 aliphatic carbocycles. The lowest BCUT2D eigenvalue weighted by Gasteiger charge is -2.33. The third-order valence-corrected chi connectivity index (χ3v) is 4.60. The lowest BCUT2D eigenvalue weighted by atomic mass is 9.95. The Morgan fingerprint density at radius 3 is 2.64 bits per heavy atom. The van der Waals surface area contributed by atoms with Gasteiger partial charge in [0.05, 0.1) is 12.1 Å². The molecular weight excluding hydrogens is 314 g/mol. The van der Waals surface area contributed by atoms with E-state index in [0.29, 0.717) is 0 Å². The number of hydrogen-bond donors (Lipinski definition) is 2. The summed E-state index contributed by atoms with van der Waals surface area (Å²) in [6.45, 7) is 4.75. The van der Waals surface area contributed by atoms with Gasteiger partial charge in [-0.15, -0.1) is 0 Å². The minimum atomic E-state index is -0.170. The first-order chi connectivity index (χ1) is 12.1. The van der Waals surface area contributed by atoms with Crippen molar-refractivity contribution in [3.8, 4) is 0 Å². The van der Waals surface area contributed by atoms with Gasteiger partial charge in [-0.3, -0.25) is 4.98 Å². The van der Waals surface area contributed by atoms with E-state index in [1.165, 1.54) is 5.56 Å². The Kier molecular flexibility index (Phi) is 5.66. The number of urea groups is 1. The zero-order chi connectivity index (χ0) is 17.6. The molecule has 3 rings (SSSR count). The number of nitrogens with zero attached hydrogens (tertiary/aromatic N) is 1. The van der Waals surface area contributed by atoms with Gasteiger partial charge in [0.2, 0.25) is 0 Å². The Balaban J connectivity index is 1.63. The number of aromatic nitrogens is 1. The molecule has 25 heavy (non-hydrogen) atoms. The van der Waals surface area contributed by atoms with Gasteiger partial charge in [0.1, 0.15) is 6.10 Å². The number of rotatable bonds is 4. The van der Waals surface area contributed by atoms with E-state index in [4.69, 9.17) is 4.74 Å². The molecule has 0 radical (unpaired) electrons. The van der Waals surface area contributed by atoms with Crippen LogP contribution in [0.4, 0.5) is 4.79 Å². The van der Waals surface area contributed by atoms with Crippen LogP contribution < -0.4 is 10.6 Å². The van der Waals surface area contributed by atoms with E-state index < -0.39 is 0 Å². The summed E-state index contributed by atoms with van der Waals surface area (Å²) in [5.41, 5.74) is 3.35. The summed E-state index contributed by atoms with van der Waals surface area (Å²) in [5, 5.41) is 6.08. The number of ether oxygens (including phenoxy) is 1. The van der Waals surface area contributed by atoms with Crippen molar-refractivity contribution in [2.45, 2.75) is 44.9 Å². The SMILES string of the molecule is Cc1ccc([C@@H]2OCCC[C@@H]2NC(=O)N[C@@H](C)c2ccncc2)cc1. The maximum absolute atomic E-state index is 12.4. The first kappa shape index (κ1) is 17.4. The van der Waals surface area contributed by atoms with Crippen LogP contribution >= 0.6 is 0 Å². The van der Waals surface area contributed by atoms with Crippen molar-refractivity contribution < 1.29 is 9.53 Å². The molecule has 0 bridgehead atoms. The molecular formula is C20H25N3O2. The number of carbonyl (C=O) groups is 1. The van der Waals surface area contributed by atoms with Crippen LogP contribution in [0.15, 0.2) is 48.8 Å². The topological polar surface area (TPSA) is 63.2 Å². The van der Waals surface area contributed by atoms with Crippen LogP contribution in [0, 0.1) is 6.92 Å². The smallest absolute Gasteiger partial charge is 0.315 e. The lowest BCUT2D eigenvalue weighted by Crippen LogP contribution is -2.47. The van der Waals surface area contributed by atoms with E-state index in [9.17, 15) is 4.79 Å². The summed E-state index contributed by atoms with van der Waals surface area (Å²) in [6.07, 6.45) is 5.22. The predicted molar refractivity (Wildman–Crippen MR) is 97.2 cm³/mol. The molecule has 1 aromatic carbocycles. The fraction of sp³-hybridized carbons (Fsp3) is 0.400. The maximum atomic E-state index is 12.4. The van der Waals surface area contributed by atoms with Crippen molar-refractivity contribution in [2.75, 3.05) is 6.61 Å². The zero-order valence-corrected chi connectivity index (χ0v) is 14.7. The Labute approximate surface area is 148 Å². The molecule has 132 valence electrons. The van der Waals surface area contributed by atoms with Crippen LogP contribution in [-0.2, 0) is 4.74 Å². The normalized spacial score (nSPS) is 21.4. The minimum absolute atomic E-state index is 0.0268. The first-order valence-corrected chi connectivity index (χ1v) is 8.78. The van der Waals surface area contributed by atoms with E-state index in [1.807, 2.05) is 19.1 Å². The molecule has 1 saturated heterocycles. The maximum Gasteiger partial charge on any atom is 0.315 e. The number of hydrogen-bond acceptors (Lipinski definition) is 3. The van der Waals surface area contributed by atoms with E-state index in [1.54, 1.807) is 12.4 Å². The van der Waals surface area contributed by atoms with Crippen LogP contribution in [-0.4, -0.2) is 23.7 Å². The Hall–Kier alpha value is -2.40. The van der Waals surface area contributed by atoms with Crippen molar-refractivity contribution in [3.05, 3.63) is 65.5 Å². The summed E-state index contributed by atoms with van der Waals surface area (Å²) in [7, 11) is 0. The van der Waals surface area contributed by atoms with Crippen LogP contribution in [0.1, 0.15) is 48.6 Å². The molecule has 1 aliphatic rings. The molecule has 3 atom stereocenters. The molecule has 1 aromatic heterocycles. The van der Waals surface area contributed by atoms with E-state index in [0.717, 1.165) is 30.6 Å². The molecule has 2 heterocycles. The Morgan fingerprint density at radius 2 is 1.92 bits per heavy atom. The highest BCUT2D eigenvalue weighted by molar-refractivity contribution is 5.74. The average Bonchev–Trinajstić information content (AvgIpc) is 2.63. The summed E-state index contributed by atoms with van der Waals surface area (Å²) < 4.78 is 5.96. The van der Waals surface area contributed by atoms with Gasteiger partial charge in [-0.25, -0.2) is 4.79 Å². The predicted octanol–water partition coefficient (Wildman–Crippen LogP) is 3.67. The van der Waals surface area contributed by atoms with E-state index >= 15 is 0 Å². The monoisotopic (exact) mass is 339 g/mol. The number of aryl methyl sites for hydroxylation is 1. The van der Waals surface area contributed by atoms with Crippen molar-refractivity contribution >= 4 is 6.03 Å². The van der Waals surface area contributed by atoms with Crippen LogP contribution in [0.25, 0.3) is 0 Å². The standard InChI is InChI=1S/C20H25N3O2/c1-14-5-7-17(8-6-14)19-18(4-3-13-25-19)23-20(24)22-15(2)16-9-11-21-12-10-16/h5-12,15,18-19H,3-4,13H2,1-2H3,(H2,22,23,24)/t15-,18-,19-/m0/s1. The Bertz CT molecular complexity index is 688. The third-order valence-electron chi connectivity index (χ3n) is 4.60. The second-order valence-corrected chi connectivity index (χ2v) is 6.57. The van der Waals surface area contributed by atoms with Gasteiger partial charge in [0.15, 0.2) is 0 Å². The first-order valence-electron chi connectivity index (χ1n) is 8.78. The molecule has 0 spiro atoms. The molecule has 1 aliphatic heterocycles.